The van der Waals surface area contributed by atoms with Crippen LogP contribution in [0.4, 0.5) is 5.69 Å². The summed E-state index contributed by atoms with van der Waals surface area (Å²) in [7, 11) is 0. The average molecular weight is 232 g/mol. The summed E-state index contributed by atoms with van der Waals surface area (Å²) in [5, 5.41) is 0. The van der Waals surface area contributed by atoms with Crippen LogP contribution in [0.1, 0.15) is 39.2 Å². The molecule has 2 heteroatoms. The molecule has 2 nitrogen and oxygen atoms in total. The van der Waals surface area contributed by atoms with E-state index in [1.165, 1.54) is 30.6 Å². The second-order valence-corrected chi connectivity index (χ2v) is 5.92. The molecule has 1 aromatic rings. The fraction of sp³-hybridized carbons (Fsp3) is 0.600. The molecule has 1 aliphatic rings. The molecule has 94 valence electrons. The summed E-state index contributed by atoms with van der Waals surface area (Å²) in [6.45, 7) is 7.89. The molecule has 17 heavy (non-hydrogen) atoms. The van der Waals surface area contributed by atoms with E-state index in [9.17, 15) is 0 Å². The smallest absolute Gasteiger partial charge is 0.0370 e. The molecule has 0 bridgehead atoms. The summed E-state index contributed by atoms with van der Waals surface area (Å²) < 4.78 is 0. The van der Waals surface area contributed by atoms with E-state index in [-0.39, 0.29) is 6.04 Å². The quantitative estimate of drug-likeness (QED) is 0.868. The maximum atomic E-state index is 5.82. The number of benzene rings is 1. The molecule has 0 radical (unpaired) electrons. The van der Waals surface area contributed by atoms with Gasteiger partial charge >= 0.3 is 0 Å². The summed E-state index contributed by atoms with van der Waals surface area (Å²) in [6.07, 6.45) is 3.55. The van der Waals surface area contributed by atoms with E-state index >= 15 is 0 Å². The SMILES string of the molecule is CC(N)Cc1ccc(N2CCCC2(C)C)cc1. The highest BCUT2D eigenvalue weighted by Gasteiger charge is 2.31. The van der Waals surface area contributed by atoms with Crippen molar-refractivity contribution in [2.75, 3.05) is 11.4 Å². The van der Waals surface area contributed by atoms with Crippen molar-refractivity contribution in [3.63, 3.8) is 0 Å². The van der Waals surface area contributed by atoms with Gasteiger partial charge in [0.25, 0.3) is 0 Å². The van der Waals surface area contributed by atoms with Gasteiger partial charge in [-0.2, -0.15) is 0 Å². The molecule has 1 aliphatic heterocycles. The zero-order valence-electron chi connectivity index (χ0n) is 11.2. The van der Waals surface area contributed by atoms with E-state index in [0.717, 1.165) is 6.42 Å². The predicted molar refractivity (Wildman–Crippen MR) is 74.5 cm³/mol. The highest BCUT2D eigenvalue weighted by molar-refractivity contribution is 5.51. The van der Waals surface area contributed by atoms with Crippen molar-refractivity contribution in [3.8, 4) is 0 Å². The highest BCUT2D eigenvalue weighted by Crippen LogP contribution is 2.33. The predicted octanol–water partition coefficient (Wildman–Crippen LogP) is 2.96. The first kappa shape index (κ1) is 12.4. The van der Waals surface area contributed by atoms with Crippen molar-refractivity contribution in [2.45, 2.75) is 51.6 Å². The van der Waals surface area contributed by atoms with Gasteiger partial charge in [0.05, 0.1) is 0 Å². The Morgan fingerprint density at radius 1 is 1.29 bits per heavy atom. The first-order valence-corrected chi connectivity index (χ1v) is 6.61. The summed E-state index contributed by atoms with van der Waals surface area (Å²) in [4.78, 5) is 2.52. The summed E-state index contributed by atoms with van der Waals surface area (Å²) in [5.74, 6) is 0. The lowest BCUT2D eigenvalue weighted by molar-refractivity contribution is 0.518. The van der Waals surface area contributed by atoms with Crippen LogP contribution in [0.3, 0.4) is 0 Å². The van der Waals surface area contributed by atoms with Crippen molar-refractivity contribution in [2.24, 2.45) is 5.73 Å². The van der Waals surface area contributed by atoms with Crippen LogP contribution in [0.5, 0.6) is 0 Å². The molecule has 2 rings (SSSR count). The molecule has 0 spiro atoms. The molecule has 1 unspecified atom stereocenters. The first-order valence-electron chi connectivity index (χ1n) is 6.61. The third-order valence-corrected chi connectivity index (χ3v) is 3.71. The monoisotopic (exact) mass is 232 g/mol. The maximum Gasteiger partial charge on any atom is 0.0370 e. The van der Waals surface area contributed by atoms with Gasteiger partial charge in [-0.05, 0) is 57.7 Å². The fourth-order valence-electron chi connectivity index (χ4n) is 2.77. The van der Waals surface area contributed by atoms with Gasteiger partial charge in [-0.25, -0.2) is 0 Å². The molecule has 0 aromatic heterocycles. The van der Waals surface area contributed by atoms with Gasteiger partial charge in [0.1, 0.15) is 0 Å². The van der Waals surface area contributed by atoms with Gasteiger partial charge in [0.15, 0.2) is 0 Å². The van der Waals surface area contributed by atoms with Crippen LogP contribution >= 0.6 is 0 Å². The number of hydrogen-bond acceptors (Lipinski definition) is 2. The standard InChI is InChI=1S/C15H24N2/c1-12(16)11-13-5-7-14(8-6-13)17-10-4-9-15(17,2)3/h5-8,12H,4,9-11,16H2,1-3H3. The Kier molecular flexibility index (Phi) is 3.43. The fourth-order valence-corrected chi connectivity index (χ4v) is 2.77. The van der Waals surface area contributed by atoms with Crippen molar-refractivity contribution >= 4 is 5.69 Å². The lowest BCUT2D eigenvalue weighted by atomic mass is 10.0. The van der Waals surface area contributed by atoms with Gasteiger partial charge < -0.3 is 10.6 Å². The van der Waals surface area contributed by atoms with Gasteiger partial charge in [-0.15, -0.1) is 0 Å². The van der Waals surface area contributed by atoms with Crippen LogP contribution in [-0.2, 0) is 6.42 Å². The molecule has 1 atom stereocenters. The van der Waals surface area contributed by atoms with Gasteiger partial charge in [-0.3, -0.25) is 0 Å². The number of hydrogen-bond donors (Lipinski definition) is 1. The van der Waals surface area contributed by atoms with Crippen LogP contribution in [0.25, 0.3) is 0 Å². The van der Waals surface area contributed by atoms with Crippen molar-refractivity contribution < 1.29 is 0 Å². The topological polar surface area (TPSA) is 29.3 Å². The minimum Gasteiger partial charge on any atom is -0.366 e. The number of anilines is 1. The van der Waals surface area contributed by atoms with Crippen molar-refractivity contribution in [1.82, 2.24) is 0 Å². The second kappa shape index (κ2) is 4.69. The van der Waals surface area contributed by atoms with Gasteiger partial charge in [0, 0.05) is 23.8 Å². The molecule has 1 heterocycles. The number of nitrogens with zero attached hydrogens (tertiary/aromatic N) is 1. The van der Waals surface area contributed by atoms with E-state index in [2.05, 4.69) is 49.9 Å². The van der Waals surface area contributed by atoms with E-state index in [4.69, 9.17) is 5.73 Å². The number of nitrogens with two attached hydrogens (primary N) is 1. The van der Waals surface area contributed by atoms with Crippen LogP contribution in [0.15, 0.2) is 24.3 Å². The summed E-state index contributed by atoms with van der Waals surface area (Å²) >= 11 is 0. The number of rotatable bonds is 3. The van der Waals surface area contributed by atoms with E-state index in [1.807, 2.05) is 0 Å². The molecule has 1 aromatic carbocycles. The van der Waals surface area contributed by atoms with Gasteiger partial charge in [0.2, 0.25) is 0 Å². The Morgan fingerprint density at radius 2 is 1.94 bits per heavy atom. The van der Waals surface area contributed by atoms with Crippen LogP contribution in [0, 0.1) is 0 Å². The first-order chi connectivity index (χ1) is 7.99. The molecule has 1 fully saturated rings. The lowest BCUT2D eigenvalue weighted by Gasteiger charge is -2.33. The zero-order chi connectivity index (χ0) is 12.5. The van der Waals surface area contributed by atoms with Crippen LogP contribution < -0.4 is 10.6 Å². The third-order valence-electron chi connectivity index (χ3n) is 3.71. The van der Waals surface area contributed by atoms with Crippen LogP contribution in [-0.4, -0.2) is 18.1 Å². The molecule has 0 aliphatic carbocycles. The van der Waals surface area contributed by atoms with E-state index in [0.29, 0.717) is 5.54 Å². The van der Waals surface area contributed by atoms with E-state index < -0.39 is 0 Å². The maximum absolute atomic E-state index is 5.82. The zero-order valence-corrected chi connectivity index (χ0v) is 11.2. The van der Waals surface area contributed by atoms with Crippen LogP contribution in [0.2, 0.25) is 0 Å². The average Bonchev–Trinajstić information content (AvgIpc) is 2.58. The van der Waals surface area contributed by atoms with Crippen molar-refractivity contribution in [1.29, 1.82) is 0 Å². The third kappa shape index (κ3) is 2.81. The minimum atomic E-state index is 0.240. The molecule has 0 saturated carbocycles. The van der Waals surface area contributed by atoms with E-state index in [1.54, 1.807) is 0 Å². The second-order valence-electron chi connectivity index (χ2n) is 5.92. The normalized spacial score (nSPS) is 20.6. The lowest BCUT2D eigenvalue weighted by Crippen LogP contribution is -2.38. The minimum absolute atomic E-state index is 0.240. The Balaban J connectivity index is 2.12. The highest BCUT2D eigenvalue weighted by atomic mass is 15.2. The Morgan fingerprint density at radius 3 is 2.41 bits per heavy atom. The summed E-state index contributed by atoms with van der Waals surface area (Å²) in [6, 6.07) is 9.15. The largest absolute Gasteiger partial charge is 0.366 e. The van der Waals surface area contributed by atoms with Crippen molar-refractivity contribution in [3.05, 3.63) is 29.8 Å². The Bertz CT molecular complexity index is 365. The molecule has 1 saturated heterocycles. The molecule has 0 amide bonds. The Hall–Kier alpha value is -1.02. The molecular formula is C15H24N2. The van der Waals surface area contributed by atoms with Gasteiger partial charge in [-0.1, -0.05) is 12.1 Å². The molecule has 2 N–H and O–H groups in total. The summed E-state index contributed by atoms with van der Waals surface area (Å²) in [5.41, 5.74) is 8.81. The molecular weight excluding hydrogens is 208 g/mol. The Labute approximate surface area is 105 Å².